The third-order valence-electron chi connectivity index (χ3n) is 3.79. The van der Waals surface area contributed by atoms with Gasteiger partial charge >= 0.3 is 0 Å². The fourth-order valence-corrected chi connectivity index (χ4v) is 2.91. The van der Waals surface area contributed by atoms with Crippen molar-refractivity contribution in [3.05, 3.63) is 0 Å². The predicted molar refractivity (Wildman–Crippen MR) is 52.6 cm³/mol. The molecule has 1 atom stereocenters. The SMILES string of the molecule is COC1(N(C)C)CN2CCC1CC2. The summed E-state index contributed by atoms with van der Waals surface area (Å²) in [6, 6.07) is 0. The second-order valence-electron chi connectivity index (χ2n) is 4.49. The van der Waals surface area contributed by atoms with E-state index in [0.29, 0.717) is 0 Å². The minimum atomic E-state index is -0.00347. The maximum atomic E-state index is 5.76. The van der Waals surface area contributed by atoms with E-state index in [4.69, 9.17) is 4.74 Å². The van der Waals surface area contributed by atoms with Gasteiger partial charge in [0.25, 0.3) is 0 Å². The molecular weight excluding hydrogens is 164 g/mol. The molecule has 3 saturated heterocycles. The minimum Gasteiger partial charge on any atom is -0.362 e. The molecule has 0 aliphatic carbocycles. The largest absolute Gasteiger partial charge is 0.362 e. The summed E-state index contributed by atoms with van der Waals surface area (Å²) in [5.74, 6) is 0.734. The molecule has 3 fully saturated rings. The number of rotatable bonds is 2. The molecule has 0 amide bonds. The van der Waals surface area contributed by atoms with E-state index in [1.165, 1.54) is 25.9 Å². The molecule has 2 bridgehead atoms. The molecule has 0 spiro atoms. The fraction of sp³-hybridized carbons (Fsp3) is 1.00. The number of fused-ring (bicyclic) bond motifs is 3. The highest BCUT2D eigenvalue weighted by atomic mass is 16.5. The Bertz CT molecular complexity index is 187. The molecule has 0 aromatic heterocycles. The van der Waals surface area contributed by atoms with Gasteiger partial charge in [0.2, 0.25) is 0 Å². The van der Waals surface area contributed by atoms with Crippen LogP contribution in [0, 0.1) is 5.92 Å². The second-order valence-corrected chi connectivity index (χ2v) is 4.49. The van der Waals surface area contributed by atoms with Gasteiger partial charge in [0, 0.05) is 19.6 Å². The maximum absolute atomic E-state index is 5.76. The van der Waals surface area contributed by atoms with Crippen LogP contribution in [0.3, 0.4) is 0 Å². The monoisotopic (exact) mass is 184 g/mol. The Morgan fingerprint density at radius 2 is 1.92 bits per heavy atom. The van der Waals surface area contributed by atoms with Crippen molar-refractivity contribution in [3.63, 3.8) is 0 Å². The summed E-state index contributed by atoms with van der Waals surface area (Å²) in [5.41, 5.74) is -0.00347. The molecule has 3 nitrogen and oxygen atoms in total. The van der Waals surface area contributed by atoms with Gasteiger partial charge in [-0.15, -0.1) is 0 Å². The summed E-state index contributed by atoms with van der Waals surface area (Å²) in [4.78, 5) is 4.77. The van der Waals surface area contributed by atoms with Crippen LogP contribution in [0.15, 0.2) is 0 Å². The summed E-state index contributed by atoms with van der Waals surface area (Å²) < 4.78 is 5.76. The van der Waals surface area contributed by atoms with Crippen LogP contribution >= 0.6 is 0 Å². The Morgan fingerprint density at radius 1 is 1.31 bits per heavy atom. The third kappa shape index (κ3) is 1.30. The molecule has 13 heavy (non-hydrogen) atoms. The molecule has 76 valence electrons. The van der Waals surface area contributed by atoms with Crippen LogP contribution in [0.2, 0.25) is 0 Å². The molecule has 0 saturated carbocycles. The van der Waals surface area contributed by atoms with Gasteiger partial charge in [-0.3, -0.25) is 9.80 Å². The van der Waals surface area contributed by atoms with Gasteiger partial charge in [-0.05, 0) is 40.0 Å². The zero-order valence-corrected chi connectivity index (χ0v) is 8.92. The van der Waals surface area contributed by atoms with E-state index in [0.717, 1.165) is 12.5 Å². The van der Waals surface area contributed by atoms with E-state index in [-0.39, 0.29) is 5.72 Å². The Labute approximate surface area is 80.6 Å². The van der Waals surface area contributed by atoms with Crippen molar-refractivity contribution in [2.45, 2.75) is 18.6 Å². The first-order chi connectivity index (χ1) is 6.19. The molecule has 0 radical (unpaired) electrons. The normalized spacial score (nSPS) is 44.3. The van der Waals surface area contributed by atoms with E-state index in [9.17, 15) is 0 Å². The summed E-state index contributed by atoms with van der Waals surface area (Å²) in [5, 5.41) is 0. The van der Waals surface area contributed by atoms with Crippen LogP contribution < -0.4 is 0 Å². The number of methoxy groups -OCH3 is 1. The van der Waals surface area contributed by atoms with Crippen LogP contribution in [-0.2, 0) is 4.74 Å². The van der Waals surface area contributed by atoms with Crippen molar-refractivity contribution in [3.8, 4) is 0 Å². The predicted octanol–water partition coefficient (Wildman–Crippen LogP) is 0.616. The molecule has 3 rings (SSSR count). The van der Waals surface area contributed by atoms with E-state index in [1.54, 1.807) is 0 Å². The first-order valence-electron chi connectivity index (χ1n) is 5.14. The highest BCUT2D eigenvalue weighted by molar-refractivity contribution is 4.97. The molecule has 1 unspecified atom stereocenters. The molecule has 3 heterocycles. The highest BCUT2D eigenvalue weighted by Crippen LogP contribution is 2.38. The summed E-state index contributed by atoms with van der Waals surface area (Å²) in [6.07, 6.45) is 2.60. The summed E-state index contributed by atoms with van der Waals surface area (Å²) >= 11 is 0. The van der Waals surface area contributed by atoms with Crippen molar-refractivity contribution in [1.82, 2.24) is 9.80 Å². The van der Waals surface area contributed by atoms with Gasteiger partial charge in [-0.25, -0.2) is 0 Å². The number of piperidine rings is 3. The number of likely N-dealkylation sites (N-methyl/N-ethyl adjacent to an activating group) is 1. The van der Waals surface area contributed by atoms with Crippen LogP contribution in [0.25, 0.3) is 0 Å². The van der Waals surface area contributed by atoms with E-state index >= 15 is 0 Å². The topological polar surface area (TPSA) is 15.7 Å². The molecule has 3 heteroatoms. The minimum absolute atomic E-state index is 0.00347. The average Bonchev–Trinajstić information content (AvgIpc) is 2.19. The smallest absolute Gasteiger partial charge is 0.136 e. The number of hydrogen-bond donors (Lipinski definition) is 0. The summed E-state index contributed by atoms with van der Waals surface area (Å²) in [6.45, 7) is 3.62. The Morgan fingerprint density at radius 3 is 2.15 bits per heavy atom. The Kier molecular flexibility index (Phi) is 2.34. The molecular formula is C10H20N2O. The van der Waals surface area contributed by atoms with Crippen molar-refractivity contribution >= 4 is 0 Å². The van der Waals surface area contributed by atoms with Gasteiger partial charge in [0.1, 0.15) is 5.72 Å². The lowest BCUT2D eigenvalue weighted by Crippen LogP contribution is -2.66. The first-order valence-corrected chi connectivity index (χ1v) is 5.14. The lowest BCUT2D eigenvalue weighted by atomic mass is 9.80. The third-order valence-corrected chi connectivity index (χ3v) is 3.79. The molecule has 3 aliphatic heterocycles. The number of ether oxygens (including phenoxy) is 1. The molecule has 0 N–H and O–H groups in total. The molecule has 0 aromatic rings. The zero-order valence-electron chi connectivity index (χ0n) is 8.92. The Hall–Kier alpha value is -0.120. The average molecular weight is 184 g/mol. The van der Waals surface area contributed by atoms with Gasteiger partial charge in [-0.2, -0.15) is 0 Å². The lowest BCUT2D eigenvalue weighted by molar-refractivity contribution is -0.208. The second kappa shape index (κ2) is 3.23. The van der Waals surface area contributed by atoms with Crippen LogP contribution in [0.5, 0.6) is 0 Å². The van der Waals surface area contributed by atoms with Crippen molar-refractivity contribution in [1.29, 1.82) is 0 Å². The quantitative estimate of drug-likeness (QED) is 0.585. The van der Waals surface area contributed by atoms with Crippen molar-refractivity contribution in [2.24, 2.45) is 5.92 Å². The van der Waals surface area contributed by atoms with Crippen LogP contribution in [-0.4, -0.2) is 56.4 Å². The standard InChI is InChI=1S/C10H20N2O/c1-11(2)10(13-3)8-12-6-4-9(10)5-7-12/h9H,4-8H2,1-3H3. The summed E-state index contributed by atoms with van der Waals surface area (Å²) in [7, 11) is 6.11. The van der Waals surface area contributed by atoms with E-state index < -0.39 is 0 Å². The molecule has 0 aromatic carbocycles. The van der Waals surface area contributed by atoms with Gasteiger partial charge in [0.05, 0.1) is 0 Å². The van der Waals surface area contributed by atoms with E-state index in [2.05, 4.69) is 23.9 Å². The number of hydrogen-bond acceptors (Lipinski definition) is 3. The first kappa shape index (κ1) is 9.44. The molecule has 3 aliphatic rings. The van der Waals surface area contributed by atoms with Gasteiger partial charge < -0.3 is 4.74 Å². The van der Waals surface area contributed by atoms with Crippen molar-refractivity contribution in [2.75, 3.05) is 40.8 Å². The van der Waals surface area contributed by atoms with Gasteiger partial charge in [-0.1, -0.05) is 0 Å². The lowest BCUT2D eigenvalue weighted by Gasteiger charge is -2.55. The van der Waals surface area contributed by atoms with Gasteiger partial charge in [0.15, 0.2) is 0 Å². The highest BCUT2D eigenvalue weighted by Gasteiger charge is 2.48. The van der Waals surface area contributed by atoms with Crippen molar-refractivity contribution < 1.29 is 4.74 Å². The fourth-order valence-electron chi connectivity index (χ4n) is 2.91. The van der Waals surface area contributed by atoms with Crippen LogP contribution in [0.4, 0.5) is 0 Å². The van der Waals surface area contributed by atoms with Crippen LogP contribution in [0.1, 0.15) is 12.8 Å². The maximum Gasteiger partial charge on any atom is 0.136 e. The van der Waals surface area contributed by atoms with E-state index in [1.807, 2.05) is 7.11 Å². The number of nitrogens with zero attached hydrogens (tertiary/aromatic N) is 2. The zero-order chi connectivity index (χ0) is 9.47. The Balaban J connectivity index is 2.20.